The SMILES string of the molecule is CC(c1ccccc1F)N(C)c1cnccc1C(=O)O. The average molecular weight is 274 g/mol. The van der Waals surface area contributed by atoms with E-state index >= 15 is 0 Å². The van der Waals surface area contributed by atoms with Gasteiger partial charge in [-0.25, -0.2) is 9.18 Å². The van der Waals surface area contributed by atoms with Crippen LogP contribution in [0.3, 0.4) is 0 Å². The van der Waals surface area contributed by atoms with Gasteiger partial charge in [0.05, 0.1) is 23.5 Å². The molecule has 104 valence electrons. The second-order valence-electron chi connectivity index (χ2n) is 4.51. The molecule has 0 aliphatic carbocycles. The van der Waals surface area contributed by atoms with Crippen LogP contribution in [0, 0.1) is 5.82 Å². The second kappa shape index (κ2) is 5.69. The molecule has 2 aromatic rings. The first-order valence-corrected chi connectivity index (χ1v) is 6.17. The summed E-state index contributed by atoms with van der Waals surface area (Å²) >= 11 is 0. The highest BCUT2D eigenvalue weighted by Gasteiger charge is 2.20. The first kappa shape index (κ1) is 14.0. The second-order valence-corrected chi connectivity index (χ2v) is 4.51. The molecule has 0 aliphatic rings. The van der Waals surface area contributed by atoms with Crippen molar-refractivity contribution in [1.82, 2.24) is 4.98 Å². The Balaban J connectivity index is 2.39. The summed E-state index contributed by atoms with van der Waals surface area (Å²) in [6, 6.07) is 7.58. The summed E-state index contributed by atoms with van der Waals surface area (Å²) < 4.78 is 13.8. The molecule has 1 atom stereocenters. The minimum absolute atomic E-state index is 0.144. The summed E-state index contributed by atoms with van der Waals surface area (Å²) in [5.41, 5.74) is 1.11. The van der Waals surface area contributed by atoms with E-state index in [0.717, 1.165) is 0 Å². The van der Waals surface area contributed by atoms with Crippen molar-refractivity contribution in [3.05, 3.63) is 59.7 Å². The fourth-order valence-corrected chi connectivity index (χ4v) is 2.08. The van der Waals surface area contributed by atoms with Gasteiger partial charge in [0.1, 0.15) is 5.82 Å². The number of pyridine rings is 1. The summed E-state index contributed by atoms with van der Waals surface area (Å²) in [5, 5.41) is 9.19. The molecular formula is C15H15FN2O2. The smallest absolute Gasteiger partial charge is 0.337 e. The molecule has 0 aliphatic heterocycles. The summed E-state index contributed by atoms with van der Waals surface area (Å²) in [6.07, 6.45) is 2.90. The van der Waals surface area contributed by atoms with Gasteiger partial charge in [0.15, 0.2) is 0 Å². The molecule has 0 spiro atoms. The Bertz CT molecular complexity index is 631. The zero-order valence-corrected chi connectivity index (χ0v) is 11.2. The van der Waals surface area contributed by atoms with Crippen molar-refractivity contribution in [1.29, 1.82) is 0 Å². The van der Waals surface area contributed by atoms with Crippen molar-refractivity contribution in [3.63, 3.8) is 0 Å². The topological polar surface area (TPSA) is 53.4 Å². The highest BCUT2D eigenvalue weighted by atomic mass is 19.1. The van der Waals surface area contributed by atoms with E-state index in [0.29, 0.717) is 11.3 Å². The van der Waals surface area contributed by atoms with Crippen molar-refractivity contribution < 1.29 is 14.3 Å². The highest BCUT2D eigenvalue weighted by Crippen LogP contribution is 2.28. The van der Waals surface area contributed by atoms with Crippen LogP contribution in [-0.4, -0.2) is 23.1 Å². The lowest BCUT2D eigenvalue weighted by Crippen LogP contribution is -2.24. The van der Waals surface area contributed by atoms with E-state index in [1.54, 1.807) is 30.1 Å². The zero-order chi connectivity index (χ0) is 14.7. The fraction of sp³-hybridized carbons (Fsp3) is 0.200. The predicted octanol–water partition coefficient (Wildman–Crippen LogP) is 3.12. The van der Waals surface area contributed by atoms with Crippen LogP contribution in [0.2, 0.25) is 0 Å². The van der Waals surface area contributed by atoms with Crippen LogP contribution in [0.5, 0.6) is 0 Å². The van der Waals surface area contributed by atoms with E-state index in [2.05, 4.69) is 4.98 Å². The van der Waals surface area contributed by atoms with Gasteiger partial charge in [-0.15, -0.1) is 0 Å². The van der Waals surface area contributed by atoms with E-state index in [1.807, 2.05) is 6.92 Å². The van der Waals surface area contributed by atoms with Crippen LogP contribution in [0.25, 0.3) is 0 Å². The van der Waals surface area contributed by atoms with Crippen LogP contribution in [0.4, 0.5) is 10.1 Å². The molecule has 1 N–H and O–H groups in total. The van der Waals surface area contributed by atoms with E-state index in [-0.39, 0.29) is 17.4 Å². The van der Waals surface area contributed by atoms with Crippen molar-refractivity contribution in [2.45, 2.75) is 13.0 Å². The molecule has 5 heteroatoms. The number of aromatic carboxylic acids is 1. The molecule has 0 saturated heterocycles. The number of hydrogen-bond donors (Lipinski definition) is 1. The summed E-state index contributed by atoms with van der Waals surface area (Å²) in [6.45, 7) is 1.82. The zero-order valence-electron chi connectivity index (χ0n) is 11.2. The summed E-state index contributed by atoms with van der Waals surface area (Å²) in [5.74, 6) is -1.34. The van der Waals surface area contributed by atoms with Crippen LogP contribution in [0.15, 0.2) is 42.7 Å². The number of carboxylic acid groups (broad SMARTS) is 1. The van der Waals surface area contributed by atoms with Gasteiger partial charge in [0.2, 0.25) is 0 Å². The molecule has 0 amide bonds. The number of nitrogens with zero attached hydrogens (tertiary/aromatic N) is 2. The van der Waals surface area contributed by atoms with E-state index < -0.39 is 5.97 Å². The van der Waals surface area contributed by atoms with Crippen LogP contribution in [-0.2, 0) is 0 Å². The monoisotopic (exact) mass is 274 g/mol. The van der Waals surface area contributed by atoms with Crippen molar-refractivity contribution in [2.24, 2.45) is 0 Å². The largest absolute Gasteiger partial charge is 0.478 e. The average Bonchev–Trinajstić information content (AvgIpc) is 2.46. The van der Waals surface area contributed by atoms with Crippen LogP contribution < -0.4 is 4.90 Å². The number of halogens is 1. The molecule has 1 unspecified atom stereocenters. The normalized spacial score (nSPS) is 11.9. The van der Waals surface area contributed by atoms with Gasteiger partial charge in [-0.3, -0.25) is 4.98 Å². The maximum atomic E-state index is 13.8. The summed E-state index contributed by atoms with van der Waals surface area (Å²) in [7, 11) is 1.72. The van der Waals surface area contributed by atoms with E-state index in [9.17, 15) is 14.3 Å². The Morgan fingerprint density at radius 2 is 2.05 bits per heavy atom. The van der Waals surface area contributed by atoms with E-state index in [1.165, 1.54) is 24.5 Å². The third kappa shape index (κ3) is 2.61. The molecule has 0 saturated carbocycles. The van der Waals surface area contributed by atoms with E-state index in [4.69, 9.17) is 0 Å². The van der Waals surface area contributed by atoms with Crippen molar-refractivity contribution >= 4 is 11.7 Å². The minimum atomic E-state index is -1.03. The first-order chi connectivity index (χ1) is 9.52. The minimum Gasteiger partial charge on any atom is -0.478 e. The first-order valence-electron chi connectivity index (χ1n) is 6.17. The number of aromatic nitrogens is 1. The number of carboxylic acids is 1. The quantitative estimate of drug-likeness (QED) is 0.930. The number of hydrogen-bond acceptors (Lipinski definition) is 3. The lowest BCUT2D eigenvalue weighted by atomic mass is 10.1. The number of anilines is 1. The Morgan fingerprint density at radius 1 is 1.35 bits per heavy atom. The lowest BCUT2D eigenvalue weighted by Gasteiger charge is -2.28. The van der Waals surface area contributed by atoms with Crippen molar-refractivity contribution in [2.75, 3.05) is 11.9 Å². The van der Waals surface area contributed by atoms with Gasteiger partial charge in [0.25, 0.3) is 0 Å². The molecular weight excluding hydrogens is 259 g/mol. The molecule has 1 aromatic heterocycles. The fourth-order valence-electron chi connectivity index (χ4n) is 2.08. The molecule has 0 bridgehead atoms. The van der Waals surface area contributed by atoms with Gasteiger partial charge >= 0.3 is 5.97 Å². The maximum Gasteiger partial charge on any atom is 0.337 e. The Morgan fingerprint density at radius 3 is 2.70 bits per heavy atom. The molecule has 0 radical (unpaired) electrons. The number of carbonyl (C=O) groups is 1. The maximum absolute atomic E-state index is 13.8. The third-order valence-corrected chi connectivity index (χ3v) is 3.35. The van der Waals surface area contributed by atoms with Crippen molar-refractivity contribution in [3.8, 4) is 0 Å². The third-order valence-electron chi connectivity index (χ3n) is 3.35. The van der Waals surface area contributed by atoms with Crippen LogP contribution >= 0.6 is 0 Å². The van der Waals surface area contributed by atoms with Crippen LogP contribution in [0.1, 0.15) is 28.9 Å². The summed E-state index contributed by atoms with van der Waals surface area (Å²) in [4.78, 5) is 16.9. The lowest BCUT2D eigenvalue weighted by molar-refractivity contribution is 0.0697. The van der Waals surface area contributed by atoms with Gasteiger partial charge in [0, 0.05) is 18.8 Å². The van der Waals surface area contributed by atoms with Gasteiger partial charge in [-0.05, 0) is 19.1 Å². The molecule has 20 heavy (non-hydrogen) atoms. The molecule has 1 heterocycles. The Hall–Kier alpha value is -2.43. The highest BCUT2D eigenvalue weighted by molar-refractivity contribution is 5.94. The standard InChI is InChI=1S/C15H15FN2O2/c1-10(11-5-3-4-6-13(11)16)18(2)14-9-17-8-7-12(14)15(19)20/h3-10H,1-2H3,(H,19,20). The van der Waals surface area contributed by atoms with Gasteiger partial charge < -0.3 is 10.0 Å². The molecule has 2 rings (SSSR count). The molecule has 0 fully saturated rings. The predicted molar refractivity (Wildman–Crippen MR) is 74.4 cm³/mol. The molecule has 1 aromatic carbocycles. The number of benzene rings is 1. The molecule has 4 nitrogen and oxygen atoms in total. The Kier molecular flexibility index (Phi) is 3.98. The Labute approximate surface area is 116 Å². The van der Waals surface area contributed by atoms with Gasteiger partial charge in [-0.2, -0.15) is 0 Å². The number of rotatable bonds is 4. The van der Waals surface area contributed by atoms with Gasteiger partial charge in [-0.1, -0.05) is 18.2 Å².